The van der Waals surface area contributed by atoms with Crippen LogP contribution >= 0.6 is 11.6 Å². The van der Waals surface area contributed by atoms with Crippen molar-refractivity contribution in [1.82, 2.24) is 0 Å². The molecule has 0 bridgehead atoms. The Kier molecular flexibility index (Phi) is 19.0. The Hall–Kier alpha value is -0.593. The predicted molar refractivity (Wildman–Crippen MR) is 162 cm³/mol. The number of methoxy groups -OCH3 is 1. The normalized spacial score (nSPS) is 14.2. The largest absolute Gasteiger partial charge is 0.501 e. The Labute approximate surface area is 249 Å². The molecule has 2 atom stereocenters. The van der Waals surface area contributed by atoms with Gasteiger partial charge in [0.25, 0.3) is 0 Å². The lowest BCUT2D eigenvalue weighted by molar-refractivity contribution is -0.146. The van der Waals surface area contributed by atoms with Crippen molar-refractivity contribution in [2.75, 3.05) is 46.8 Å². The van der Waals surface area contributed by atoms with Crippen molar-refractivity contribution < 1.29 is 37.3 Å². The third-order valence-corrected chi connectivity index (χ3v) is 9.65. The van der Waals surface area contributed by atoms with Crippen LogP contribution in [0, 0.1) is 5.92 Å². The van der Waals surface area contributed by atoms with Crippen LogP contribution in [0.1, 0.15) is 78.9 Å². The van der Waals surface area contributed by atoms with Gasteiger partial charge in [-0.2, -0.15) is 0 Å². The number of hydrogen-bond acceptors (Lipinski definition) is 8. The summed E-state index contributed by atoms with van der Waals surface area (Å²) in [5, 5.41) is 10.8. The van der Waals surface area contributed by atoms with Gasteiger partial charge in [-0.1, -0.05) is 51.4 Å². The molecular weight excluding hydrogens is 552 g/mol. The molecule has 2 unspecified atom stereocenters. The lowest BCUT2D eigenvalue weighted by Crippen LogP contribution is -2.52. The molecule has 0 fully saturated rings. The second-order valence-corrected chi connectivity index (χ2v) is 14.2. The first-order valence-electron chi connectivity index (χ1n) is 14.6. The number of ether oxygens (including phenoxy) is 4. The predicted octanol–water partition coefficient (Wildman–Crippen LogP) is 6.24. The van der Waals surface area contributed by atoms with Crippen LogP contribution in [-0.2, 0) is 38.6 Å². The van der Waals surface area contributed by atoms with E-state index in [0.29, 0.717) is 51.2 Å². The van der Waals surface area contributed by atoms with E-state index in [2.05, 4.69) is 45.9 Å². The van der Waals surface area contributed by atoms with E-state index in [4.69, 9.17) is 43.8 Å². The van der Waals surface area contributed by atoms with Crippen molar-refractivity contribution in [2.45, 2.75) is 105 Å². The molecule has 10 heteroatoms. The molecule has 0 aliphatic carbocycles. The summed E-state index contributed by atoms with van der Waals surface area (Å²) in [6.07, 6.45) is 0.149. The molecule has 0 aromatic heterocycles. The van der Waals surface area contributed by atoms with E-state index in [1.165, 1.54) is 0 Å². The highest BCUT2D eigenvalue weighted by molar-refractivity contribution is 6.60. The molecule has 1 aromatic carbocycles. The van der Waals surface area contributed by atoms with Gasteiger partial charge in [-0.05, 0) is 69.6 Å². The summed E-state index contributed by atoms with van der Waals surface area (Å²) in [5.41, 5.74) is 2.28. The van der Waals surface area contributed by atoms with E-state index in [0.717, 1.165) is 16.1 Å². The third kappa shape index (κ3) is 15.6. The number of halogens is 1. The van der Waals surface area contributed by atoms with Crippen LogP contribution in [-0.4, -0.2) is 85.3 Å². The van der Waals surface area contributed by atoms with Crippen LogP contribution in [0.4, 0.5) is 0 Å². The zero-order valence-corrected chi connectivity index (χ0v) is 28.0. The number of aliphatic hydroxyl groups excluding tert-OH is 1. The van der Waals surface area contributed by atoms with Gasteiger partial charge in [0.1, 0.15) is 0 Å². The first-order valence-corrected chi connectivity index (χ1v) is 17.0. The van der Waals surface area contributed by atoms with Crippen molar-refractivity contribution in [3.63, 3.8) is 0 Å². The van der Waals surface area contributed by atoms with Gasteiger partial charge >= 0.3 is 8.80 Å². The minimum absolute atomic E-state index is 0.0553. The maximum Gasteiger partial charge on any atom is 0.501 e. The van der Waals surface area contributed by atoms with E-state index < -0.39 is 15.1 Å². The Morgan fingerprint density at radius 3 is 2.02 bits per heavy atom. The van der Waals surface area contributed by atoms with Gasteiger partial charge in [0.15, 0.2) is 6.29 Å². The lowest BCUT2D eigenvalue weighted by Gasteiger charge is -2.37. The number of rotatable bonds is 23. The van der Waals surface area contributed by atoms with Gasteiger partial charge in [0.2, 0.25) is 0 Å². The quantitative estimate of drug-likeness (QED) is 0.0890. The summed E-state index contributed by atoms with van der Waals surface area (Å²) in [7, 11) is -1.47. The summed E-state index contributed by atoms with van der Waals surface area (Å²) < 4.78 is 41.1. The van der Waals surface area contributed by atoms with Crippen molar-refractivity contribution in [3.05, 3.63) is 34.3 Å². The SMILES string of the molecule is COCCOCCOC(O)COCCC[Si](OC(C)C)(OC(C)C)OC(Cc1ccc(C(C)C)c(Cl)c1)C(C)C. The molecule has 0 aliphatic rings. The topological polar surface area (TPSA) is 84.8 Å². The van der Waals surface area contributed by atoms with Crippen molar-refractivity contribution in [1.29, 1.82) is 0 Å². The van der Waals surface area contributed by atoms with Crippen molar-refractivity contribution >= 4 is 20.4 Å². The molecule has 0 saturated carbocycles. The Balaban J connectivity index is 2.80. The van der Waals surface area contributed by atoms with E-state index in [1.54, 1.807) is 7.11 Å². The highest BCUT2D eigenvalue weighted by Gasteiger charge is 2.45. The summed E-state index contributed by atoms with van der Waals surface area (Å²) >= 11 is 6.60. The number of benzene rings is 1. The van der Waals surface area contributed by atoms with Crippen LogP contribution in [0.2, 0.25) is 11.1 Å². The third-order valence-electron chi connectivity index (χ3n) is 6.03. The molecule has 40 heavy (non-hydrogen) atoms. The van der Waals surface area contributed by atoms with Crippen LogP contribution in [0.5, 0.6) is 0 Å². The van der Waals surface area contributed by atoms with Gasteiger partial charge in [0, 0.05) is 37.0 Å². The summed E-state index contributed by atoms with van der Waals surface area (Å²) in [5.74, 6) is 0.608. The molecule has 0 saturated heterocycles. The molecule has 0 amide bonds. The summed E-state index contributed by atoms with van der Waals surface area (Å²) in [6.45, 7) is 18.8. The Morgan fingerprint density at radius 1 is 0.825 bits per heavy atom. The van der Waals surface area contributed by atoms with Crippen LogP contribution < -0.4 is 0 Å². The zero-order valence-electron chi connectivity index (χ0n) is 26.2. The maximum atomic E-state index is 10.0. The smallest absolute Gasteiger partial charge is 0.382 e. The summed E-state index contributed by atoms with van der Waals surface area (Å²) in [4.78, 5) is 0. The highest BCUT2D eigenvalue weighted by Crippen LogP contribution is 2.30. The maximum absolute atomic E-state index is 10.0. The highest BCUT2D eigenvalue weighted by atomic mass is 35.5. The minimum Gasteiger partial charge on any atom is -0.382 e. The van der Waals surface area contributed by atoms with Crippen LogP contribution in [0.25, 0.3) is 0 Å². The van der Waals surface area contributed by atoms with Gasteiger partial charge in [-0.25, -0.2) is 0 Å². The second-order valence-electron chi connectivity index (χ2n) is 11.2. The van der Waals surface area contributed by atoms with Gasteiger partial charge in [-0.3, -0.25) is 0 Å². The fraction of sp³-hybridized carbons (Fsp3) is 0.800. The Bertz CT molecular complexity index is 783. The van der Waals surface area contributed by atoms with E-state index in [-0.39, 0.29) is 37.4 Å². The molecule has 8 nitrogen and oxygen atoms in total. The fourth-order valence-electron chi connectivity index (χ4n) is 4.13. The number of aliphatic hydroxyl groups is 1. The van der Waals surface area contributed by atoms with Gasteiger partial charge in [-0.15, -0.1) is 0 Å². The first-order chi connectivity index (χ1) is 18.9. The fourth-order valence-corrected chi connectivity index (χ4v) is 7.90. The lowest BCUT2D eigenvalue weighted by atomic mass is 9.96. The van der Waals surface area contributed by atoms with Gasteiger partial charge in [0.05, 0.1) is 39.1 Å². The standard InChI is InChI=1S/C30H55ClO8Si/c1-22(2)27-12-11-26(19-28(27)31)20-29(23(3)4)39-40(37-24(5)6,38-25(7)8)18-10-13-35-21-30(32)36-17-16-34-15-14-33-9/h11-12,19,22-25,29-30,32H,10,13-18,20-21H2,1-9H3. The van der Waals surface area contributed by atoms with Crippen molar-refractivity contribution in [2.24, 2.45) is 5.92 Å². The van der Waals surface area contributed by atoms with Crippen LogP contribution in [0.3, 0.4) is 0 Å². The minimum atomic E-state index is -3.09. The van der Waals surface area contributed by atoms with E-state index >= 15 is 0 Å². The van der Waals surface area contributed by atoms with E-state index in [9.17, 15) is 5.11 Å². The van der Waals surface area contributed by atoms with Gasteiger partial charge < -0.3 is 37.3 Å². The average Bonchev–Trinajstić information content (AvgIpc) is 2.84. The molecule has 0 heterocycles. The monoisotopic (exact) mass is 606 g/mol. The van der Waals surface area contributed by atoms with E-state index in [1.807, 2.05) is 27.7 Å². The number of hydrogen-bond donors (Lipinski definition) is 1. The Morgan fingerprint density at radius 2 is 1.48 bits per heavy atom. The molecular formula is C30H55ClO8Si. The molecule has 0 spiro atoms. The molecule has 234 valence electrons. The molecule has 0 aliphatic heterocycles. The molecule has 1 N–H and O–H groups in total. The summed E-state index contributed by atoms with van der Waals surface area (Å²) in [6, 6.07) is 6.91. The average molecular weight is 607 g/mol. The van der Waals surface area contributed by atoms with Crippen LogP contribution in [0.15, 0.2) is 18.2 Å². The molecule has 0 radical (unpaired) electrons. The second kappa shape index (κ2) is 20.3. The zero-order chi connectivity index (χ0) is 30.1. The van der Waals surface area contributed by atoms with Crippen molar-refractivity contribution in [3.8, 4) is 0 Å². The first kappa shape index (κ1) is 37.4. The molecule has 1 aromatic rings. The molecule has 1 rings (SSSR count).